The Morgan fingerprint density at radius 1 is 1.07 bits per heavy atom. The summed E-state index contributed by atoms with van der Waals surface area (Å²) in [6.45, 7) is 8.58. The van der Waals surface area contributed by atoms with Gasteiger partial charge in [-0.1, -0.05) is 0 Å². The number of fused-ring (bicyclic) bond motifs is 2. The SMILES string of the molecule is CC(C)Nc1cc(-n2ccc3cc(C#N)cnc32)ncc1C(=O)NC1CCC(C(=O)NCCOCCN2C[C@@H]3C[C@]3(NC(=O)[C@@H](N)CCCn3ccnc3N)C2)CC1. The number of nitrogen functional groups attached to an aromatic ring is 1. The molecule has 1 saturated heterocycles. The maximum absolute atomic E-state index is 13.5. The summed E-state index contributed by atoms with van der Waals surface area (Å²) in [6, 6.07) is 7.09. The Kier molecular flexibility index (Phi) is 12.6. The second kappa shape index (κ2) is 17.9. The van der Waals surface area contributed by atoms with Crippen LogP contribution in [0.25, 0.3) is 16.9 Å². The zero-order valence-corrected chi connectivity index (χ0v) is 33.3. The predicted molar refractivity (Wildman–Crippen MR) is 219 cm³/mol. The number of nitrogens with one attached hydrogen (secondary N) is 4. The Labute approximate surface area is 338 Å². The molecule has 8 N–H and O–H groups in total. The number of amides is 3. The fourth-order valence-corrected chi connectivity index (χ4v) is 8.34. The highest BCUT2D eigenvalue weighted by Crippen LogP contribution is 2.49. The Hall–Kier alpha value is -5.57. The number of hydrogen-bond acceptors (Lipinski definition) is 12. The molecule has 0 bridgehead atoms. The molecule has 308 valence electrons. The molecule has 4 aromatic heterocycles. The van der Waals surface area contributed by atoms with Gasteiger partial charge in [0.15, 0.2) is 5.95 Å². The van der Waals surface area contributed by atoms with E-state index in [1.165, 1.54) is 6.20 Å². The number of hydrogen-bond donors (Lipinski definition) is 6. The van der Waals surface area contributed by atoms with E-state index >= 15 is 0 Å². The molecule has 17 nitrogen and oxygen atoms in total. The number of anilines is 2. The molecule has 3 atom stereocenters. The number of aromatic nitrogens is 5. The highest BCUT2D eigenvalue weighted by Gasteiger charge is 2.60. The number of ether oxygens (including phenoxy) is 1. The largest absolute Gasteiger partial charge is 0.382 e. The van der Waals surface area contributed by atoms with Crippen LogP contribution in [-0.4, -0.2) is 110 Å². The van der Waals surface area contributed by atoms with Crippen molar-refractivity contribution < 1.29 is 19.1 Å². The van der Waals surface area contributed by atoms with Gasteiger partial charge in [0, 0.05) is 93.2 Å². The number of nitrogens with zero attached hydrogens (tertiary/aromatic N) is 7. The van der Waals surface area contributed by atoms with Gasteiger partial charge in [-0.15, -0.1) is 0 Å². The fourth-order valence-electron chi connectivity index (χ4n) is 8.34. The fraction of sp³-hybridized carbons (Fsp3) is 0.537. The molecule has 2 aliphatic carbocycles. The zero-order valence-electron chi connectivity index (χ0n) is 33.3. The van der Waals surface area contributed by atoms with Gasteiger partial charge in [0.25, 0.3) is 5.91 Å². The molecule has 58 heavy (non-hydrogen) atoms. The summed E-state index contributed by atoms with van der Waals surface area (Å²) in [6.07, 6.45) is 13.5. The van der Waals surface area contributed by atoms with E-state index in [1.807, 2.05) is 47.5 Å². The average Bonchev–Trinajstić information content (AvgIpc) is 3.51. The Morgan fingerprint density at radius 2 is 1.90 bits per heavy atom. The molecule has 5 heterocycles. The predicted octanol–water partition coefficient (Wildman–Crippen LogP) is 2.31. The summed E-state index contributed by atoms with van der Waals surface area (Å²) < 4.78 is 9.54. The molecule has 2 saturated carbocycles. The third-order valence-corrected chi connectivity index (χ3v) is 11.6. The van der Waals surface area contributed by atoms with Gasteiger partial charge in [-0.2, -0.15) is 5.26 Å². The maximum atomic E-state index is 13.5. The molecule has 0 spiro atoms. The lowest BCUT2D eigenvalue weighted by atomic mass is 9.85. The molecule has 17 heteroatoms. The van der Waals surface area contributed by atoms with Crippen molar-refractivity contribution in [1.29, 1.82) is 5.26 Å². The Morgan fingerprint density at radius 3 is 2.66 bits per heavy atom. The van der Waals surface area contributed by atoms with Crippen molar-refractivity contribution in [1.82, 2.24) is 44.9 Å². The number of piperidine rings is 1. The van der Waals surface area contributed by atoms with Crippen molar-refractivity contribution in [2.45, 2.75) is 89.0 Å². The lowest BCUT2D eigenvalue weighted by Gasteiger charge is -2.28. The summed E-state index contributed by atoms with van der Waals surface area (Å²) in [5.41, 5.74) is 14.1. The van der Waals surface area contributed by atoms with E-state index in [4.69, 9.17) is 16.2 Å². The van der Waals surface area contributed by atoms with Crippen LogP contribution in [0.1, 0.15) is 74.7 Å². The summed E-state index contributed by atoms with van der Waals surface area (Å²) in [7, 11) is 0. The van der Waals surface area contributed by atoms with Crippen LogP contribution < -0.4 is 32.7 Å². The number of aryl methyl sites for hydroxylation is 1. The molecule has 0 aromatic carbocycles. The molecular weight excluding hydrogens is 739 g/mol. The Bertz CT molecular complexity index is 2130. The first kappa shape index (κ1) is 40.6. The van der Waals surface area contributed by atoms with Crippen LogP contribution in [0.5, 0.6) is 0 Å². The number of imidazole rings is 1. The van der Waals surface area contributed by atoms with Crippen molar-refractivity contribution in [2.24, 2.45) is 17.6 Å². The highest BCUT2D eigenvalue weighted by atomic mass is 16.5. The number of likely N-dealkylation sites (tertiary alicyclic amines) is 1. The molecule has 0 unspecified atom stereocenters. The van der Waals surface area contributed by atoms with Gasteiger partial charge >= 0.3 is 0 Å². The number of carbonyl (C=O) groups excluding carboxylic acids is 3. The summed E-state index contributed by atoms with van der Waals surface area (Å²) in [4.78, 5) is 54.7. The van der Waals surface area contributed by atoms with E-state index < -0.39 is 6.04 Å². The molecular formula is C41H55N13O4. The van der Waals surface area contributed by atoms with E-state index in [1.54, 1.807) is 18.5 Å². The van der Waals surface area contributed by atoms with Crippen LogP contribution in [0.4, 0.5) is 11.6 Å². The first-order chi connectivity index (χ1) is 28.0. The number of nitrogens with two attached hydrogens (primary N) is 2. The van der Waals surface area contributed by atoms with Crippen molar-refractivity contribution in [3.05, 3.63) is 60.3 Å². The van der Waals surface area contributed by atoms with Crippen LogP contribution in [-0.2, 0) is 20.9 Å². The third kappa shape index (κ3) is 9.58. The first-order valence-electron chi connectivity index (χ1n) is 20.4. The van der Waals surface area contributed by atoms with Crippen LogP contribution in [0.2, 0.25) is 0 Å². The number of carbonyl (C=O) groups is 3. The molecule has 7 rings (SSSR count). The van der Waals surface area contributed by atoms with Gasteiger partial charge in [-0.3, -0.25) is 23.9 Å². The molecule has 3 amide bonds. The maximum Gasteiger partial charge on any atom is 0.255 e. The minimum Gasteiger partial charge on any atom is -0.382 e. The van der Waals surface area contributed by atoms with E-state index in [0.717, 1.165) is 37.9 Å². The van der Waals surface area contributed by atoms with E-state index in [2.05, 4.69) is 47.2 Å². The van der Waals surface area contributed by atoms with Crippen molar-refractivity contribution >= 4 is 40.4 Å². The summed E-state index contributed by atoms with van der Waals surface area (Å²) >= 11 is 0. The molecule has 3 fully saturated rings. The lowest BCUT2D eigenvalue weighted by Crippen LogP contribution is -2.49. The van der Waals surface area contributed by atoms with Crippen LogP contribution in [0.3, 0.4) is 0 Å². The van der Waals surface area contributed by atoms with E-state index in [-0.39, 0.29) is 41.3 Å². The summed E-state index contributed by atoms with van der Waals surface area (Å²) in [5, 5.41) is 22.9. The molecule has 0 radical (unpaired) electrons. The van der Waals surface area contributed by atoms with Crippen molar-refractivity contribution in [3.63, 3.8) is 0 Å². The quantitative estimate of drug-likeness (QED) is 0.0797. The van der Waals surface area contributed by atoms with Gasteiger partial charge in [0.1, 0.15) is 17.5 Å². The minimum absolute atomic E-state index is 0.0221. The van der Waals surface area contributed by atoms with Gasteiger partial charge in [0.05, 0.1) is 41.6 Å². The van der Waals surface area contributed by atoms with E-state index in [0.29, 0.717) is 98.6 Å². The van der Waals surface area contributed by atoms with Crippen LogP contribution in [0.15, 0.2) is 49.2 Å². The van der Waals surface area contributed by atoms with Crippen LogP contribution in [0, 0.1) is 23.2 Å². The number of rotatable bonds is 18. The van der Waals surface area contributed by atoms with Crippen molar-refractivity contribution in [3.8, 4) is 11.9 Å². The van der Waals surface area contributed by atoms with E-state index in [9.17, 15) is 19.6 Å². The van der Waals surface area contributed by atoms with Crippen LogP contribution >= 0.6 is 0 Å². The van der Waals surface area contributed by atoms with Gasteiger partial charge < -0.3 is 42.0 Å². The molecule has 3 aliphatic rings. The topological polar surface area (TPSA) is 236 Å². The monoisotopic (exact) mass is 793 g/mol. The van der Waals surface area contributed by atoms with Gasteiger partial charge in [0.2, 0.25) is 11.8 Å². The summed E-state index contributed by atoms with van der Waals surface area (Å²) in [5.74, 6) is 1.11. The zero-order chi connectivity index (χ0) is 40.8. The second-order valence-electron chi connectivity index (χ2n) is 16.3. The first-order valence-corrected chi connectivity index (χ1v) is 20.4. The number of nitriles is 1. The molecule has 1 aliphatic heterocycles. The molecule has 4 aromatic rings. The minimum atomic E-state index is -0.559. The average molecular weight is 794 g/mol. The van der Waals surface area contributed by atoms with Gasteiger partial charge in [-0.25, -0.2) is 15.0 Å². The third-order valence-electron chi connectivity index (χ3n) is 11.6. The van der Waals surface area contributed by atoms with Crippen molar-refractivity contribution in [2.75, 3.05) is 50.4 Å². The standard InChI is InChI=1S/C41H55N13O4/c1-26(2)49-34-19-35(54-13-9-29-18-27(21-42)22-48-36(29)54)47-23-32(34)38(56)50-31-7-5-28(6-8-31)37(55)45-11-16-58-17-15-52-24-30-20-41(30,25-52)51-39(57)33(43)4-3-12-53-14-10-46-40(53)44/h9-10,13-14,18-19,22-23,26,28,30-31,33H,3-8,11-12,15-17,20,24-25,43H2,1-2H3,(H2,44,46)(H,45,55)(H,47,49)(H,50,56)(H,51,57)/t28?,30-,31?,33-,41-/m0/s1. The number of pyridine rings is 2. The normalized spacial score (nSPS) is 21.9. The highest BCUT2D eigenvalue weighted by molar-refractivity contribution is 6.00. The van der Waals surface area contributed by atoms with Gasteiger partial charge in [-0.05, 0) is 76.8 Å². The second-order valence-corrected chi connectivity index (χ2v) is 16.3. The Balaban J connectivity index is 0.780. The smallest absolute Gasteiger partial charge is 0.255 e. The lowest BCUT2D eigenvalue weighted by molar-refractivity contribution is -0.126.